The highest BCUT2D eigenvalue weighted by molar-refractivity contribution is 6.11. The van der Waals surface area contributed by atoms with Crippen LogP contribution in [0.1, 0.15) is 13.3 Å². The van der Waals surface area contributed by atoms with Gasteiger partial charge in [-0.3, -0.25) is 0 Å². The molecule has 0 spiro atoms. The van der Waals surface area contributed by atoms with E-state index in [0.717, 1.165) is 23.5 Å². The molecule has 1 aliphatic rings. The average molecular weight is 705 g/mol. The van der Waals surface area contributed by atoms with Crippen molar-refractivity contribution in [2.24, 2.45) is 5.92 Å². The smallest absolute Gasteiger partial charge is 0.0541 e. The Morgan fingerprint density at radius 2 is 1.00 bits per heavy atom. The van der Waals surface area contributed by atoms with Crippen molar-refractivity contribution in [2.75, 3.05) is 4.90 Å². The molecule has 0 radical (unpaired) electrons. The average Bonchev–Trinajstić information content (AvgIpc) is 3.59. The van der Waals surface area contributed by atoms with Gasteiger partial charge in [0.2, 0.25) is 0 Å². The second-order valence-corrected chi connectivity index (χ2v) is 14.7. The van der Waals surface area contributed by atoms with E-state index >= 15 is 0 Å². The van der Waals surface area contributed by atoms with E-state index in [9.17, 15) is 0 Å². The van der Waals surface area contributed by atoms with Crippen LogP contribution in [0, 0.1) is 5.92 Å². The molecule has 8 aromatic carbocycles. The van der Waals surface area contributed by atoms with Crippen molar-refractivity contribution in [2.45, 2.75) is 13.3 Å². The van der Waals surface area contributed by atoms with Crippen molar-refractivity contribution in [3.8, 4) is 33.4 Å². The van der Waals surface area contributed by atoms with Crippen LogP contribution in [0.4, 0.5) is 17.1 Å². The van der Waals surface area contributed by atoms with Gasteiger partial charge in [0.15, 0.2) is 0 Å². The van der Waals surface area contributed by atoms with Crippen molar-refractivity contribution in [1.82, 2.24) is 4.57 Å². The third-order valence-corrected chi connectivity index (χ3v) is 11.1. The van der Waals surface area contributed by atoms with Gasteiger partial charge in [-0.2, -0.15) is 0 Å². The number of fused-ring (bicyclic) bond motifs is 4. The Labute approximate surface area is 322 Å². The molecule has 10 rings (SSSR count). The fraction of sp³-hybridized carbons (Fsp3) is 0.0566. The van der Waals surface area contributed by atoms with Gasteiger partial charge >= 0.3 is 0 Å². The minimum atomic E-state index is 0.574. The summed E-state index contributed by atoms with van der Waals surface area (Å²) < 4.78 is 2.42. The first kappa shape index (κ1) is 32.7. The zero-order valence-corrected chi connectivity index (χ0v) is 30.8. The van der Waals surface area contributed by atoms with Gasteiger partial charge in [0.05, 0.1) is 16.7 Å². The van der Waals surface area contributed by atoms with Gasteiger partial charge in [-0.1, -0.05) is 153 Å². The van der Waals surface area contributed by atoms with Crippen LogP contribution in [0.25, 0.3) is 71.7 Å². The molecule has 0 saturated heterocycles. The third kappa shape index (κ3) is 6.02. The number of aromatic nitrogens is 1. The molecule has 9 aromatic rings. The summed E-state index contributed by atoms with van der Waals surface area (Å²) in [4.78, 5) is 2.39. The van der Waals surface area contributed by atoms with E-state index in [4.69, 9.17) is 0 Å². The van der Waals surface area contributed by atoms with Gasteiger partial charge in [-0.25, -0.2) is 0 Å². The van der Waals surface area contributed by atoms with E-state index < -0.39 is 0 Å². The van der Waals surface area contributed by atoms with Crippen molar-refractivity contribution >= 4 is 55.3 Å². The highest BCUT2D eigenvalue weighted by atomic mass is 15.1. The molecule has 1 aliphatic carbocycles. The van der Waals surface area contributed by atoms with Gasteiger partial charge < -0.3 is 9.47 Å². The topological polar surface area (TPSA) is 8.17 Å². The minimum absolute atomic E-state index is 0.574. The maximum Gasteiger partial charge on any atom is 0.0541 e. The monoisotopic (exact) mass is 704 g/mol. The lowest BCUT2D eigenvalue weighted by atomic mass is 9.98. The Morgan fingerprint density at radius 1 is 0.455 bits per heavy atom. The SMILES string of the molecule is CC1C=CC(n2c3ccccc3c3cc(-c4ccc(N(c5ccc(-c6cccc(-c7ccccc7)c6)cc5)c5cccc6ccccc56)cc4)ccc32)=CC1. The molecule has 0 N–H and O–H groups in total. The Balaban J connectivity index is 1.03. The number of anilines is 3. The van der Waals surface area contributed by atoms with Crippen molar-refractivity contribution in [1.29, 1.82) is 0 Å². The van der Waals surface area contributed by atoms with Gasteiger partial charge in [-0.15, -0.1) is 0 Å². The molecule has 262 valence electrons. The van der Waals surface area contributed by atoms with Crippen LogP contribution >= 0.6 is 0 Å². The van der Waals surface area contributed by atoms with Gasteiger partial charge in [-0.05, 0) is 112 Å². The molecule has 1 unspecified atom stereocenters. The Bertz CT molecular complexity index is 2890. The number of nitrogens with zero attached hydrogens (tertiary/aromatic N) is 2. The Kier molecular flexibility index (Phi) is 8.22. The predicted octanol–water partition coefficient (Wildman–Crippen LogP) is 14.9. The van der Waals surface area contributed by atoms with E-state index in [0.29, 0.717) is 5.92 Å². The molecule has 1 heterocycles. The van der Waals surface area contributed by atoms with Crippen LogP contribution < -0.4 is 4.90 Å². The first-order valence-corrected chi connectivity index (χ1v) is 19.2. The van der Waals surface area contributed by atoms with Crippen molar-refractivity contribution in [3.63, 3.8) is 0 Å². The standard InChI is InChI=1S/C53H40N2/c1-37-21-28-47(29-22-37)55-52-19-8-7-18-49(52)50-36-44(27-34-53(50)55)40-25-32-46(33-26-40)54(51-20-10-14-41-13-5-6-17-48(41)51)45-30-23-39(24-31-45)43-16-9-15-42(35-43)38-11-3-2-4-12-38/h2-21,23-37H,22H2,1H3. The summed E-state index contributed by atoms with van der Waals surface area (Å²) in [5, 5.41) is 4.99. The number of para-hydroxylation sites is 1. The molecule has 0 fully saturated rings. The summed E-state index contributed by atoms with van der Waals surface area (Å²) in [6, 6.07) is 68.4. The molecule has 0 saturated carbocycles. The zero-order chi connectivity index (χ0) is 36.7. The summed E-state index contributed by atoms with van der Waals surface area (Å²) in [7, 11) is 0. The zero-order valence-electron chi connectivity index (χ0n) is 30.8. The first-order chi connectivity index (χ1) is 27.2. The molecule has 55 heavy (non-hydrogen) atoms. The van der Waals surface area contributed by atoms with Crippen LogP contribution in [0.2, 0.25) is 0 Å². The van der Waals surface area contributed by atoms with Crippen LogP contribution in [0.5, 0.6) is 0 Å². The first-order valence-electron chi connectivity index (χ1n) is 19.2. The summed E-state index contributed by atoms with van der Waals surface area (Å²) in [5.41, 5.74) is 14.4. The van der Waals surface area contributed by atoms with Gasteiger partial charge in [0, 0.05) is 33.2 Å². The highest BCUT2D eigenvalue weighted by Crippen LogP contribution is 2.41. The van der Waals surface area contributed by atoms with Gasteiger partial charge in [0.25, 0.3) is 0 Å². The molecular weight excluding hydrogens is 665 g/mol. The predicted molar refractivity (Wildman–Crippen MR) is 235 cm³/mol. The molecule has 1 aromatic heterocycles. The second kappa shape index (κ2) is 13.8. The van der Waals surface area contributed by atoms with Crippen molar-refractivity contribution in [3.05, 3.63) is 206 Å². The maximum atomic E-state index is 2.42. The normalized spacial score (nSPS) is 14.1. The second-order valence-electron chi connectivity index (χ2n) is 14.7. The van der Waals surface area contributed by atoms with E-state index in [2.05, 4.69) is 223 Å². The third-order valence-electron chi connectivity index (χ3n) is 11.1. The molecule has 0 amide bonds. The summed E-state index contributed by atoms with van der Waals surface area (Å²) in [5.74, 6) is 0.574. The Morgan fingerprint density at radius 3 is 1.71 bits per heavy atom. The van der Waals surface area contributed by atoms with E-state index in [1.165, 1.54) is 71.7 Å². The fourth-order valence-electron chi connectivity index (χ4n) is 8.26. The van der Waals surface area contributed by atoms with E-state index in [-0.39, 0.29) is 0 Å². The van der Waals surface area contributed by atoms with Crippen LogP contribution in [-0.4, -0.2) is 4.57 Å². The van der Waals surface area contributed by atoms with Gasteiger partial charge in [0.1, 0.15) is 0 Å². The lowest BCUT2D eigenvalue weighted by Crippen LogP contribution is -2.10. The summed E-state index contributed by atoms with van der Waals surface area (Å²) >= 11 is 0. The largest absolute Gasteiger partial charge is 0.310 e. The summed E-state index contributed by atoms with van der Waals surface area (Å²) in [6.45, 7) is 2.28. The minimum Gasteiger partial charge on any atom is -0.310 e. The fourth-order valence-corrected chi connectivity index (χ4v) is 8.26. The molecular formula is C53H40N2. The van der Waals surface area contributed by atoms with Crippen LogP contribution in [0.15, 0.2) is 206 Å². The van der Waals surface area contributed by atoms with Crippen LogP contribution in [-0.2, 0) is 0 Å². The molecule has 2 heteroatoms. The lowest BCUT2D eigenvalue weighted by Gasteiger charge is -2.27. The van der Waals surface area contributed by atoms with E-state index in [1.54, 1.807) is 0 Å². The summed E-state index contributed by atoms with van der Waals surface area (Å²) in [6.07, 6.45) is 8.05. The quantitative estimate of drug-likeness (QED) is 0.160. The number of allylic oxidation sites excluding steroid dienone is 4. The number of hydrogen-bond donors (Lipinski definition) is 0. The molecule has 2 nitrogen and oxygen atoms in total. The number of hydrogen-bond acceptors (Lipinski definition) is 1. The molecule has 0 aliphatic heterocycles. The Hall–Kier alpha value is -6.90. The van der Waals surface area contributed by atoms with Crippen LogP contribution in [0.3, 0.4) is 0 Å². The van der Waals surface area contributed by atoms with Crippen molar-refractivity contribution < 1.29 is 0 Å². The maximum absolute atomic E-state index is 2.42. The van der Waals surface area contributed by atoms with E-state index in [1.807, 2.05) is 0 Å². The molecule has 1 atom stereocenters. The molecule has 0 bridgehead atoms. The lowest BCUT2D eigenvalue weighted by molar-refractivity contribution is 0.735. The highest BCUT2D eigenvalue weighted by Gasteiger charge is 2.18. The number of rotatable bonds is 7. The number of benzene rings is 8.